The smallest absolute Gasteiger partial charge is 0.337 e. The predicted octanol–water partition coefficient (Wildman–Crippen LogP) is 1.08. The highest BCUT2D eigenvalue weighted by molar-refractivity contribution is 5.89. The summed E-state index contributed by atoms with van der Waals surface area (Å²) in [6.07, 6.45) is 1.09. The highest BCUT2D eigenvalue weighted by Gasteiger charge is 2.23. The van der Waals surface area contributed by atoms with Crippen molar-refractivity contribution in [3.63, 3.8) is 0 Å². The molecule has 17 heavy (non-hydrogen) atoms. The van der Waals surface area contributed by atoms with Gasteiger partial charge in [0.2, 0.25) is 0 Å². The SMILES string of the molecule is COC(=O)c1cccc(C(N)C2CCNC2)c1. The minimum absolute atomic E-state index is 0.0189. The van der Waals surface area contributed by atoms with Gasteiger partial charge in [0.25, 0.3) is 0 Å². The van der Waals surface area contributed by atoms with Crippen LogP contribution in [0.2, 0.25) is 0 Å². The maximum atomic E-state index is 11.4. The molecule has 1 fully saturated rings. The Morgan fingerprint density at radius 3 is 3.06 bits per heavy atom. The van der Waals surface area contributed by atoms with E-state index in [4.69, 9.17) is 10.5 Å². The molecule has 1 heterocycles. The number of esters is 1. The Morgan fingerprint density at radius 1 is 1.59 bits per heavy atom. The van der Waals surface area contributed by atoms with E-state index in [1.807, 2.05) is 18.2 Å². The first-order valence-corrected chi connectivity index (χ1v) is 5.87. The molecule has 0 saturated carbocycles. The average molecular weight is 234 g/mol. The van der Waals surface area contributed by atoms with Gasteiger partial charge in [0, 0.05) is 6.04 Å². The van der Waals surface area contributed by atoms with Crippen molar-refractivity contribution in [3.8, 4) is 0 Å². The number of nitrogens with one attached hydrogen (secondary N) is 1. The number of methoxy groups -OCH3 is 1. The Morgan fingerprint density at radius 2 is 2.41 bits per heavy atom. The van der Waals surface area contributed by atoms with E-state index < -0.39 is 0 Å². The Kier molecular flexibility index (Phi) is 3.76. The van der Waals surface area contributed by atoms with Crippen LogP contribution in [0.4, 0.5) is 0 Å². The molecule has 0 bridgehead atoms. The fraction of sp³-hybridized carbons (Fsp3) is 0.462. The fourth-order valence-electron chi connectivity index (χ4n) is 2.25. The lowest BCUT2D eigenvalue weighted by molar-refractivity contribution is 0.0600. The van der Waals surface area contributed by atoms with Crippen LogP contribution in [0.5, 0.6) is 0 Å². The normalized spacial score (nSPS) is 21.2. The van der Waals surface area contributed by atoms with Crippen LogP contribution in [0.3, 0.4) is 0 Å². The number of rotatable bonds is 3. The summed E-state index contributed by atoms with van der Waals surface area (Å²) < 4.78 is 4.70. The molecule has 1 saturated heterocycles. The summed E-state index contributed by atoms with van der Waals surface area (Å²) in [4.78, 5) is 11.4. The minimum Gasteiger partial charge on any atom is -0.465 e. The van der Waals surface area contributed by atoms with Crippen molar-refractivity contribution in [2.24, 2.45) is 11.7 Å². The van der Waals surface area contributed by atoms with Crippen molar-refractivity contribution in [2.75, 3.05) is 20.2 Å². The van der Waals surface area contributed by atoms with E-state index in [0.717, 1.165) is 25.1 Å². The van der Waals surface area contributed by atoms with Crippen LogP contribution in [0, 0.1) is 5.92 Å². The lowest BCUT2D eigenvalue weighted by atomic mass is 9.92. The third kappa shape index (κ3) is 2.65. The van der Waals surface area contributed by atoms with Gasteiger partial charge in [-0.05, 0) is 43.1 Å². The molecule has 2 rings (SSSR count). The third-order valence-electron chi connectivity index (χ3n) is 3.30. The molecule has 1 aliphatic heterocycles. The van der Waals surface area contributed by atoms with Crippen molar-refractivity contribution < 1.29 is 9.53 Å². The van der Waals surface area contributed by atoms with Crippen LogP contribution in [0.25, 0.3) is 0 Å². The van der Waals surface area contributed by atoms with Gasteiger partial charge < -0.3 is 15.8 Å². The molecule has 0 aromatic heterocycles. The van der Waals surface area contributed by atoms with Crippen LogP contribution >= 0.6 is 0 Å². The van der Waals surface area contributed by atoms with Crippen molar-refractivity contribution >= 4 is 5.97 Å². The van der Waals surface area contributed by atoms with Gasteiger partial charge in [0.15, 0.2) is 0 Å². The molecule has 4 heteroatoms. The molecule has 3 N–H and O–H groups in total. The second-order valence-electron chi connectivity index (χ2n) is 4.40. The summed E-state index contributed by atoms with van der Waals surface area (Å²) in [5.74, 6) is 0.131. The number of carbonyl (C=O) groups is 1. The van der Waals surface area contributed by atoms with Crippen molar-refractivity contribution in [3.05, 3.63) is 35.4 Å². The summed E-state index contributed by atoms with van der Waals surface area (Å²) in [6, 6.07) is 7.37. The van der Waals surface area contributed by atoms with Crippen molar-refractivity contribution in [1.82, 2.24) is 5.32 Å². The van der Waals surface area contributed by atoms with E-state index in [-0.39, 0.29) is 12.0 Å². The lowest BCUT2D eigenvalue weighted by Gasteiger charge is -2.19. The highest BCUT2D eigenvalue weighted by Crippen LogP contribution is 2.25. The highest BCUT2D eigenvalue weighted by atomic mass is 16.5. The maximum absolute atomic E-state index is 11.4. The second-order valence-corrected chi connectivity index (χ2v) is 4.40. The van der Waals surface area contributed by atoms with Gasteiger partial charge in [-0.15, -0.1) is 0 Å². The van der Waals surface area contributed by atoms with E-state index in [1.54, 1.807) is 6.07 Å². The Balaban J connectivity index is 2.17. The molecular formula is C13H18N2O2. The second kappa shape index (κ2) is 5.29. The Labute approximate surface area is 101 Å². The van der Waals surface area contributed by atoms with Gasteiger partial charge in [-0.2, -0.15) is 0 Å². The minimum atomic E-state index is -0.316. The van der Waals surface area contributed by atoms with E-state index in [2.05, 4.69) is 5.32 Å². The molecule has 0 aliphatic carbocycles. The van der Waals surface area contributed by atoms with E-state index in [0.29, 0.717) is 11.5 Å². The molecule has 2 unspecified atom stereocenters. The Bertz CT molecular complexity index is 400. The van der Waals surface area contributed by atoms with Crippen molar-refractivity contribution in [1.29, 1.82) is 0 Å². The number of nitrogens with two attached hydrogens (primary N) is 1. The van der Waals surface area contributed by atoms with Crippen LogP contribution in [0.1, 0.15) is 28.4 Å². The summed E-state index contributed by atoms with van der Waals surface area (Å²) in [5.41, 5.74) is 7.78. The van der Waals surface area contributed by atoms with Crippen molar-refractivity contribution in [2.45, 2.75) is 12.5 Å². The molecular weight excluding hydrogens is 216 g/mol. The van der Waals surface area contributed by atoms with Gasteiger partial charge >= 0.3 is 5.97 Å². The molecule has 2 atom stereocenters. The molecule has 1 aromatic carbocycles. The number of hydrogen-bond donors (Lipinski definition) is 2. The number of hydrogen-bond acceptors (Lipinski definition) is 4. The molecule has 0 spiro atoms. The zero-order valence-corrected chi connectivity index (χ0v) is 9.98. The summed E-state index contributed by atoms with van der Waals surface area (Å²) in [6.45, 7) is 1.97. The number of benzene rings is 1. The predicted molar refractivity (Wildman–Crippen MR) is 65.7 cm³/mol. The van der Waals surface area contributed by atoms with E-state index in [9.17, 15) is 4.79 Å². The van der Waals surface area contributed by atoms with Crippen LogP contribution in [-0.2, 0) is 4.74 Å². The fourth-order valence-corrected chi connectivity index (χ4v) is 2.25. The quantitative estimate of drug-likeness (QED) is 0.768. The van der Waals surface area contributed by atoms with Gasteiger partial charge in [0.05, 0.1) is 12.7 Å². The van der Waals surface area contributed by atoms with Crippen LogP contribution in [0.15, 0.2) is 24.3 Å². The molecule has 0 amide bonds. The number of carbonyl (C=O) groups excluding carboxylic acids is 1. The van der Waals surface area contributed by atoms with E-state index in [1.165, 1.54) is 7.11 Å². The first kappa shape index (κ1) is 12.1. The molecule has 1 aromatic rings. The van der Waals surface area contributed by atoms with Crippen LogP contribution in [-0.4, -0.2) is 26.2 Å². The topological polar surface area (TPSA) is 64.3 Å². The van der Waals surface area contributed by atoms with Gasteiger partial charge in [-0.25, -0.2) is 4.79 Å². The molecule has 0 radical (unpaired) electrons. The first-order chi connectivity index (χ1) is 8.22. The average Bonchev–Trinajstić information content (AvgIpc) is 2.91. The first-order valence-electron chi connectivity index (χ1n) is 5.87. The Hall–Kier alpha value is -1.39. The molecule has 92 valence electrons. The zero-order chi connectivity index (χ0) is 12.3. The number of ether oxygens (including phenoxy) is 1. The molecule has 4 nitrogen and oxygen atoms in total. The summed E-state index contributed by atoms with van der Waals surface area (Å²) in [7, 11) is 1.38. The standard InChI is InChI=1S/C13H18N2O2/c1-17-13(16)10-4-2-3-9(7-10)12(14)11-5-6-15-8-11/h2-4,7,11-12,15H,5-6,8,14H2,1H3. The largest absolute Gasteiger partial charge is 0.465 e. The maximum Gasteiger partial charge on any atom is 0.337 e. The van der Waals surface area contributed by atoms with E-state index >= 15 is 0 Å². The third-order valence-corrected chi connectivity index (χ3v) is 3.30. The lowest BCUT2D eigenvalue weighted by Crippen LogP contribution is -2.23. The van der Waals surface area contributed by atoms with Crippen LogP contribution < -0.4 is 11.1 Å². The van der Waals surface area contributed by atoms with Gasteiger partial charge in [0.1, 0.15) is 0 Å². The summed E-state index contributed by atoms with van der Waals surface area (Å²) in [5, 5.41) is 3.30. The monoisotopic (exact) mass is 234 g/mol. The zero-order valence-electron chi connectivity index (χ0n) is 9.98. The van der Waals surface area contributed by atoms with Gasteiger partial charge in [-0.3, -0.25) is 0 Å². The van der Waals surface area contributed by atoms with Gasteiger partial charge in [-0.1, -0.05) is 12.1 Å². The molecule has 1 aliphatic rings. The summed E-state index contributed by atoms with van der Waals surface area (Å²) >= 11 is 0.